The van der Waals surface area contributed by atoms with Crippen molar-refractivity contribution < 1.29 is 14.6 Å². The van der Waals surface area contributed by atoms with Gasteiger partial charge in [0.15, 0.2) is 0 Å². The molecule has 0 saturated carbocycles. The van der Waals surface area contributed by atoms with Gasteiger partial charge < -0.3 is 15.2 Å². The molecule has 82 valence electrons. The van der Waals surface area contributed by atoms with E-state index in [0.29, 0.717) is 0 Å². The first-order valence-electron chi connectivity index (χ1n) is 4.61. The van der Waals surface area contributed by atoms with Gasteiger partial charge in [0.1, 0.15) is 11.4 Å². The molecule has 4 heteroatoms. The summed E-state index contributed by atoms with van der Waals surface area (Å²) in [6.07, 6.45) is 1.00. The Bertz CT molecular complexity index is 228. The van der Waals surface area contributed by atoms with Gasteiger partial charge in [0, 0.05) is 0 Å². The van der Waals surface area contributed by atoms with Crippen molar-refractivity contribution in [3.05, 3.63) is 11.8 Å². The summed E-state index contributed by atoms with van der Waals surface area (Å²) in [4.78, 5) is 11.2. The number of nitrogens with one attached hydrogen (secondary N) is 1. The van der Waals surface area contributed by atoms with Crippen LogP contribution in [0.4, 0.5) is 4.79 Å². The molecule has 4 nitrogen and oxygen atoms in total. The van der Waals surface area contributed by atoms with Crippen LogP contribution in [0.5, 0.6) is 0 Å². The molecule has 0 rings (SSSR count). The minimum absolute atomic E-state index is 0.121. The minimum Gasteiger partial charge on any atom is -0.510 e. The van der Waals surface area contributed by atoms with E-state index < -0.39 is 17.7 Å². The van der Waals surface area contributed by atoms with Gasteiger partial charge in [-0.05, 0) is 40.7 Å². The maximum absolute atomic E-state index is 11.2. The third kappa shape index (κ3) is 5.45. The van der Waals surface area contributed by atoms with E-state index in [9.17, 15) is 9.90 Å². The highest BCUT2D eigenvalue weighted by molar-refractivity contribution is 5.68. The van der Waals surface area contributed by atoms with Crippen LogP contribution >= 0.6 is 0 Å². The normalized spacial score (nSPS) is 14.8. The van der Waals surface area contributed by atoms with Gasteiger partial charge in [-0.1, -0.05) is 0 Å². The van der Waals surface area contributed by atoms with Gasteiger partial charge in [0.05, 0.1) is 6.04 Å². The Morgan fingerprint density at radius 3 is 2.36 bits per heavy atom. The number of aliphatic hydroxyl groups is 1. The molecule has 0 aliphatic heterocycles. The van der Waals surface area contributed by atoms with Gasteiger partial charge in [-0.2, -0.15) is 0 Å². The quantitative estimate of drug-likeness (QED) is 0.674. The summed E-state index contributed by atoms with van der Waals surface area (Å²) in [5.74, 6) is 0.121. The van der Waals surface area contributed by atoms with E-state index >= 15 is 0 Å². The third-order valence-corrected chi connectivity index (χ3v) is 1.47. The van der Waals surface area contributed by atoms with Crippen LogP contribution in [-0.2, 0) is 4.74 Å². The van der Waals surface area contributed by atoms with E-state index in [4.69, 9.17) is 4.74 Å². The molecule has 1 atom stereocenters. The van der Waals surface area contributed by atoms with Crippen molar-refractivity contribution in [3.8, 4) is 0 Å². The smallest absolute Gasteiger partial charge is 0.408 e. The van der Waals surface area contributed by atoms with Gasteiger partial charge in [-0.3, -0.25) is 0 Å². The van der Waals surface area contributed by atoms with Gasteiger partial charge in [0.2, 0.25) is 0 Å². The molecule has 14 heavy (non-hydrogen) atoms. The summed E-state index contributed by atoms with van der Waals surface area (Å²) in [5.41, 5.74) is -0.519. The fourth-order valence-corrected chi connectivity index (χ4v) is 0.808. The number of amides is 1. The van der Waals surface area contributed by atoms with Crippen molar-refractivity contribution in [1.82, 2.24) is 5.32 Å². The molecule has 0 heterocycles. The average Bonchev–Trinajstić information content (AvgIpc) is 1.99. The van der Waals surface area contributed by atoms with Crippen LogP contribution in [0.2, 0.25) is 0 Å². The predicted molar refractivity (Wildman–Crippen MR) is 55.2 cm³/mol. The molecule has 1 amide bonds. The van der Waals surface area contributed by atoms with E-state index in [0.717, 1.165) is 0 Å². The molecule has 0 aromatic rings. The van der Waals surface area contributed by atoms with Crippen LogP contribution in [0.1, 0.15) is 34.6 Å². The van der Waals surface area contributed by atoms with Gasteiger partial charge in [-0.25, -0.2) is 4.79 Å². The van der Waals surface area contributed by atoms with Crippen LogP contribution < -0.4 is 5.32 Å². The maximum Gasteiger partial charge on any atom is 0.408 e. The van der Waals surface area contributed by atoms with Crippen molar-refractivity contribution in [3.63, 3.8) is 0 Å². The zero-order valence-electron chi connectivity index (χ0n) is 9.42. The van der Waals surface area contributed by atoms with Gasteiger partial charge in [0.25, 0.3) is 0 Å². The highest BCUT2D eigenvalue weighted by Gasteiger charge is 2.18. The molecule has 0 aromatic carbocycles. The fourth-order valence-electron chi connectivity index (χ4n) is 0.808. The second kappa shape index (κ2) is 4.88. The zero-order chi connectivity index (χ0) is 11.4. The van der Waals surface area contributed by atoms with Gasteiger partial charge in [-0.15, -0.1) is 0 Å². The summed E-state index contributed by atoms with van der Waals surface area (Å²) < 4.78 is 5.01. The van der Waals surface area contributed by atoms with E-state index in [1.165, 1.54) is 6.08 Å². The summed E-state index contributed by atoms with van der Waals surface area (Å²) in [5, 5.41) is 11.8. The first kappa shape index (κ1) is 12.8. The second-order valence-electron chi connectivity index (χ2n) is 4.08. The predicted octanol–water partition coefficient (Wildman–Crippen LogP) is 2.36. The molecule has 0 spiro atoms. The Balaban J connectivity index is 4.08. The molecule has 0 fully saturated rings. The molecule has 2 N–H and O–H groups in total. The van der Waals surface area contributed by atoms with Crippen molar-refractivity contribution >= 4 is 6.09 Å². The number of ether oxygens (including phenoxy) is 1. The lowest BCUT2D eigenvalue weighted by Gasteiger charge is -2.21. The zero-order valence-corrected chi connectivity index (χ0v) is 9.42. The topological polar surface area (TPSA) is 58.6 Å². The molecule has 0 bridgehead atoms. The number of aliphatic hydroxyl groups excluding tert-OH is 1. The van der Waals surface area contributed by atoms with Crippen LogP contribution in [-0.4, -0.2) is 22.8 Å². The lowest BCUT2D eigenvalue weighted by atomic mass is 10.2. The standard InChI is InChI=1S/C10H19NO3/c1-6-8(12)7(2)11-9(13)14-10(3,4)5/h6-7,12H,1-5H3,(H,11,13)/b8-6+/t7-/m0/s1. The van der Waals surface area contributed by atoms with Crippen molar-refractivity contribution in [2.24, 2.45) is 0 Å². The van der Waals surface area contributed by atoms with Crippen LogP contribution in [0.3, 0.4) is 0 Å². The molecule has 0 aliphatic rings. The first-order chi connectivity index (χ1) is 6.26. The number of carbonyl (C=O) groups is 1. The molecule has 0 unspecified atom stereocenters. The average molecular weight is 201 g/mol. The molecule has 0 aliphatic carbocycles. The first-order valence-corrected chi connectivity index (χ1v) is 4.61. The Morgan fingerprint density at radius 2 is 2.00 bits per heavy atom. The molecule has 0 aromatic heterocycles. The number of carbonyl (C=O) groups excluding carboxylic acids is 1. The summed E-state index contributed by atoms with van der Waals surface area (Å²) in [6, 6.07) is -0.421. The number of alkyl carbamates (subject to hydrolysis) is 1. The van der Waals surface area contributed by atoms with Crippen LogP contribution in [0.25, 0.3) is 0 Å². The van der Waals surface area contributed by atoms with Crippen molar-refractivity contribution in [2.75, 3.05) is 0 Å². The Morgan fingerprint density at radius 1 is 1.50 bits per heavy atom. The third-order valence-electron chi connectivity index (χ3n) is 1.47. The van der Waals surface area contributed by atoms with E-state index in [-0.39, 0.29) is 5.76 Å². The Hall–Kier alpha value is -1.19. The largest absolute Gasteiger partial charge is 0.510 e. The molecular weight excluding hydrogens is 182 g/mol. The number of rotatable bonds is 2. The lowest BCUT2D eigenvalue weighted by Crippen LogP contribution is -2.38. The Kier molecular flexibility index (Phi) is 4.47. The maximum atomic E-state index is 11.2. The Labute approximate surface area is 85.0 Å². The van der Waals surface area contributed by atoms with Crippen molar-refractivity contribution in [1.29, 1.82) is 0 Å². The molecular formula is C10H19NO3. The van der Waals surface area contributed by atoms with Gasteiger partial charge >= 0.3 is 6.09 Å². The summed E-state index contributed by atoms with van der Waals surface area (Å²) in [6.45, 7) is 8.73. The van der Waals surface area contributed by atoms with Crippen LogP contribution in [0.15, 0.2) is 11.8 Å². The van der Waals surface area contributed by atoms with Crippen molar-refractivity contribution in [2.45, 2.75) is 46.3 Å². The highest BCUT2D eigenvalue weighted by Crippen LogP contribution is 2.07. The number of hydrogen-bond donors (Lipinski definition) is 2. The number of allylic oxidation sites excluding steroid dienone is 1. The number of hydrogen-bond acceptors (Lipinski definition) is 3. The summed E-state index contributed by atoms with van der Waals surface area (Å²) in [7, 11) is 0. The SMILES string of the molecule is C/C=C(/O)[C@H](C)NC(=O)OC(C)(C)C. The molecule has 0 saturated heterocycles. The fraction of sp³-hybridized carbons (Fsp3) is 0.700. The minimum atomic E-state index is -0.529. The second-order valence-corrected chi connectivity index (χ2v) is 4.08. The van der Waals surface area contributed by atoms with E-state index in [1.54, 1.807) is 34.6 Å². The summed E-state index contributed by atoms with van der Waals surface area (Å²) >= 11 is 0. The monoisotopic (exact) mass is 201 g/mol. The lowest BCUT2D eigenvalue weighted by molar-refractivity contribution is 0.0506. The van der Waals surface area contributed by atoms with Crippen LogP contribution in [0, 0.1) is 0 Å². The highest BCUT2D eigenvalue weighted by atomic mass is 16.6. The van der Waals surface area contributed by atoms with E-state index in [1.807, 2.05) is 0 Å². The van der Waals surface area contributed by atoms with E-state index in [2.05, 4.69) is 5.32 Å². The molecule has 0 radical (unpaired) electrons.